The summed E-state index contributed by atoms with van der Waals surface area (Å²) in [6, 6.07) is 55.5. The summed E-state index contributed by atoms with van der Waals surface area (Å²) in [4.78, 5) is 0. The van der Waals surface area contributed by atoms with Crippen molar-refractivity contribution < 1.29 is 4.42 Å². The van der Waals surface area contributed by atoms with Crippen LogP contribution < -0.4 is 5.32 Å². The maximum absolute atomic E-state index is 6.76. The lowest BCUT2D eigenvalue weighted by atomic mass is 9.96. The average molecular weight is 538 g/mol. The first-order valence-corrected chi connectivity index (χ1v) is 14.3. The van der Waals surface area contributed by atoms with Gasteiger partial charge in [-0.15, -0.1) is 0 Å². The van der Waals surface area contributed by atoms with Crippen molar-refractivity contribution in [2.24, 2.45) is 0 Å². The van der Waals surface area contributed by atoms with Gasteiger partial charge < -0.3 is 9.73 Å². The number of rotatable bonds is 5. The molecule has 0 aliphatic rings. The Bertz CT molecular complexity index is 2190. The molecule has 0 saturated carbocycles. The summed E-state index contributed by atoms with van der Waals surface area (Å²) in [5.41, 5.74) is 10.8. The van der Waals surface area contributed by atoms with Crippen LogP contribution in [0.3, 0.4) is 0 Å². The molecule has 0 bridgehead atoms. The van der Waals surface area contributed by atoms with Gasteiger partial charge in [-0.3, -0.25) is 0 Å². The van der Waals surface area contributed by atoms with E-state index in [1.54, 1.807) is 0 Å². The van der Waals surface area contributed by atoms with E-state index in [-0.39, 0.29) is 0 Å². The zero-order valence-corrected chi connectivity index (χ0v) is 22.9. The summed E-state index contributed by atoms with van der Waals surface area (Å²) < 4.78 is 6.76. The number of anilines is 2. The minimum absolute atomic E-state index is 0.860. The van der Waals surface area contributed by atoms with E-state index in [0.717, 1.165) is 50.0 Å². The number of hydrogen-bond acceptors (Lipinski definition) is 2. The first-order valence-electron chi connectivity index (χ1n) is 14.3. The van der Waals surface area contributed by atoms with Gasteiger partial charge in [-0.25, -0.2) is 0 Å². The van der Waals surface area contributed by atoms with E-state index in [9.17, 15) is 0 Å². The Kier molecular flexibility index (Phi) is 5.82. The van der Waals surface area contributed by atoms with Gasteiger partial charge in [0.05, 0.1) is 5.69 Å². The van der Waals surface area contributed by atoms with Gasteiger partial charge >= 0.3 is 0 Å². The summed E-state index contributed by atoms with van der Waals surface area (Å²) >= 11 is 0. The summed E-state index contributed by atoms with van der Waals surface area (Å²) in [5, 5.41) is 8.33. The van der Waals surface area contributed by atoms with E-state index in [1.807, 2.05) is 12.1 Å². The number of nitrogens with one attached hydrogen (secondary N) is 1. The van der Waals surface area contributed by atoms with Crippen molar-refractivity contribution in [2.75, 3.05) is 5.32 Å². The molecule has 0 radical (unpaired) electrons. The van der Waals surface area contributed by atoms with Crippen molar-refractivity contribution in [3.05, 3.63) is 158 Å². The number of furan rings is 1. The van der Waals surface area contributed by atoms with Crippen LogP contribution >= 0.6 is 0 Å². The first kappa shape index (κ1) is 24.2. The van der Waals surface area contributed by atoms with Gasteiger partial charge in [-0.2, -0.15) is 0 Å². The van der Waals surface area contributed by atoms with Gasteiger partial charge in [-0.05, 0) is 62.9 Å². The Hall–Kier alpha value is -5.60. The van der Waals surface area contributed by atoms with Gasteiger partial charge in [0.25, 0.3) is 0 Å². The molecule has 0 unspecified atom stereocenters. The standard InChI is InChI=1S/C40H27NO/c1-3-11-27(12-4-1)28-21-23-29(24-22-28)31-16-9-17-33(25-31)41-37-20-10-19-35-38-34-18-8-7-15-32(34)26-36(40(38)42-39(35)37)30-13-5-2-6-14-30/h1-26,41H. The number of fused-ring (bicyclic) bond motifs is 5. The van der Waals surface area contributed by atoms with E-state index >= 15 is 0 Å². The third kappa shape index (κ3) is 4.22. The highest BCUT2D eigenvalue weighted by Gasteiger charge is 2.18. The second-order valence-electron chi connectivity index (χ2n) is 10.6. The molecule has 0 spiro atoms. The van der Waals surface area contributed by atoms with E-state index in [1.165, 1.54) is 27.5 Å². The molecule has 0 atom stereocenters. The highest BCUT2D eigenvalue weighted by atomic mass is 16.3. The van der Waals surface area contributed by atoms with E-state index < -0.39 is 0 Å². The second kappa shape index (κ2) is 10.1. The van der Waals surface area contributed by atoms with Crippen LogP contribution in [0.15, 0.2) is 162 Å². The lowest BCUT2D eigenvalue weighted by molar-refractivity contribution is 0.671. The Balaban J connectivity index is 1.21. The molecular weight excluding hydrogens is 510 g/mol. The Morgan fingerprint density at radius 3 is 1.79 bits per heavy atom. The van der Waals surface area contributed by atoms with Gasteiger partial charge in [0.1, 0.15) is 5.58 Å². The van der Waals surface area contributed by atoms with Crippen LogP contribution in [0.5, 0.6) is 0 Å². The summed E-state index contributed by atoms with van der Waals surface area (Å²) in [6.07, 6.45) is 0. The van der Waals surface area contributed by atoms with E-state index in [4.69, 9.17) is 4.42 Å². The van der Waals surface area contributed by atoms with Crippen LogP contribution in [0.2, 0.25) is 0 Å². The van der Waals surface area contributed by atoms with E-state index in [0.29, 0.717) is 0 Å². The van der Waals surface area contributed by atoms with Crippen molar-refractivity contribution >= 4 is 44.1 Å². The smallest absolute Gasteiger partial charge is 0.158 e. The highest BCUT2D eigenvalue weighted by Crippen LogP contribution is 2.43. The molecule has 8 rings (SSSR count). The zero-order chi connectivity index (χ0) is 27.9. The third-order valence-electron chi connectivity index (χ3n) is 8.04. The van der Waals surface area contributed by atoms with Crippen molar-refractivity contribution in [3.8, 4) is 33.4 Å². The quantitative estimate of drug-likeness (QED) is 0.236. The number of para-hydroxylation sites is 1. The van der Waals surface area contributed by atoms with Crippen LogP contribution in [0.1, 0.15) is 0 Å². The average Bonchev–Trinajstić information content (AvgIpc) is 3.47. The molecule has 1 aromatic heterocycles. The molecule has 2 nitrogen and oxygen atoms in total. The minimum Gasteiger partial charge on any atom is -0.453 e. The predicted octanol–water partition coefficient (Wildman–Crippen LogP) is 11.5. The molecule has 0 aliphatic carbocycles. The largest absolute Gasteiger partial charge is 0.453 e. The monoisotopic (exact) mass is 537 g/mol. The fraction of sp³-hybridized carbons (Fsp3) is 0. The van der Waals surface area contributed by atoms with Crippen molar-refractivity contribution in [1.29, 1.82) is 0 Å². The zero-order valence-electron chi connectivity index (χ0n) is 22.9. The Morgan fingerprint density at radius 1 is 0.405 bits per heavy atom. The molecule has 1 heterocycles. The summed E-state index contributed by atoms with van der Waals surface area (Å²) in [6.45, 7) is 0. The Labute approximate surface area is 244 Å². The first-order chi connectivity index (χ1) is 20.8. The fourth-order valence-electron chi connectivity index (χ4n) is 6.00. The molecule has 8 aromatic rings. The molecule has 2 heteroatoms. The molecule has 7 aromatic carbocycles. The lowest BCUT2D eigenvalue weighted by Gasteiger charge is -2.10. The predicted molar refractivity (Wildman–Crippen MR) is 177 cm³/mol. The maximum atomic E-state index is 6.76. The maximum Gasteiger partial charge on any atom is 0.158 e. The molecule has 1 N–H and O–H groups in total. The Morgan fingerprint density at radius 2 is 1.00 bits per heavy atom. The van der Waals surface area contributed by atoms with Gasteiger partial charge in [0, 0.05) is 22.0 Å². The van der Waals surface area contributed by atoms with Crippen LogP contribution in [-0.2, 0) is 0 Å². The SMILES string of the molecule is c1ccc(-c2ccc(-c3cccc(Nc4cccc5c4oc4c(-c6ccccc6)cc6ccccc6c45)c3)cc2)cc1. The topological polar surface area (TPSA) is 25.2 Å². The molecular formula is C40H27NO. The highest BCUT2D eigenvalue weighted by molar-refractivity contribution is 6.24. The van der Waals surface area contributed by atoms with E-state index in [2.05, 4.69) is 151 Å². The van der Waals surface area contributed by atoms with Crippen LogP contribution in [0.4, 0.5) is 11.4 Å². The molecule has 0 fully saturated rings. The molecule has 0 saturated heterocycles. The molecule has 0 aliphatic heterocycles. The van der Waals surface area contributed by atoms with Crippen molar-refractivity contribution in [2.45, 2.75) is 0 Å². The normalized spacial score (nSPS) is 11.3. The summed E-state index contributed by atoms with van der Waals surface area (Å²) in [5.74, 6) is 0. The molecule has 42 heavy (non-hydrogen) atoms. The van der Waals surface area contributed by atoms with Gasteiger partial charge in [-0.1, -0.05) is 133 Å². The number of benzene rings is 7. The minimum atomic E-state index is 0.860. The van der Waals surface area contributed by atoms with Crippen LogP contribution in [0, 0.1) is 0 Å². The molecule has 198 valence electrons. The van der Waals surface area contributed by atoms with Crippen LogP contribution in [0.25, 0.3) is 66.1 Å². The summed E-state index contributed by atoms with van der Waals surface area (Å²) in [7, 11) is 0. The van der Waals surface area contributed by atoms with Gasteiger partial charge in [0.15, 0.2) is 5.58 Å². The lowest BCUT2D eigenvalue weighted by Crippen LogP contribution is -1.91. The fourth-order valence-corrected chi connectivity index (χ4v) is 6.00. The number of hydrogen-bond donors (Lipinski definition) is 1. The van der Waals surface area contributed by atoms with Gasteiger partial charge in [0.2, 0.25) is 0 Å². The second-order valence-corrected chi connectivity index (χ2v) is 10.6. The third-order valence-corrected chi connectivity index (χ3v) is 8.04. The van der Waals surface area contributed by atoms with Crippen molar-refractivity contribution in [3.63, 3.8) is 0 Å². The molecule has 0 amide bonds. The van der Waals surface area contributed by atoms with Crippen LogP contribution in [-0.4, -0.2) is 0 Å². The van der Waals surface area contributed by atoms with Crippen molar-refractivity contribution in [1.82, 2.24) is 0 Å².